The number of rotatable bonds is 7. The molecule has 26 heavy (non-hydrogen) atoms. The van der Waals surface area contributed by atoms with Crippen LogP contribution in [-0.4, -0.2) is 12.5 Å². The molecule has 3 rings (SSSR count). The van der Waals surface area contributed by atoms with Gasteiger partial charge < -0.3 is 10.6 Å². The van der Waals surface area contributed by atoms with Crippen molar-refractivity contribution in [2.75, 3.05) is 11.9 Å². The van der Waals surface area contributed by atoms with E-state index in [0.717, 1.165) is 12.0 Å². The standard InChI is InChI=1S/C22H21ClN2O/c23-19-12-7-13-20(15-19)25-22(26)16-24-21(18-10-5-2-6-11-18)14-17-8-3-1-4-9-17/h1-13,15,21,24H,14,16H2,(H,25,26). The summed E-state index contributed by atoms with van der Waals surface area (Å²) in [7, 11) is 0. The van der Waals surface area contributed by atoms with Crippen LogP contribution in [-0.2, 0) is 11.2 Å². The first kappa shape index (κ1) is 18.2. The van der Waals surface area contributed by atoms with Crippen molar-refractivity contribution in [1.82, 2.24) is 5.32 Å². The van der Waals surface area contributed by atoms with Gasteiger partial charge in [-0.2, -0.15) is 0 Å². The first-order chi connectivity index (χ1) is 12.7. The van der Waals surface area contributed by atoms with E-state index in [2.05, 4.69) is 34.9 Å². The molecule has 0 saturated heterocycles. The summed E-state index contributed by atoms with van der Waals surface area (Å²) < 4.78 is 0. The lowest BCUT2D eigenvalue weighted by atomic mass is 9.99. The second-order valence-electron chi connectivity index (χ2n) is 6.09. The average Bonchev–Trinajstić information content (AvgIpc) is 2.66. The van der Waals surface area contributed by atoms with Crippen molar-refractivity contribution in [2.24, 2.45) is 0 Å². The normalized spacial score (nSPS) is 11.7. The van der Waals surface area contributed by atoms with Gasteiger partial charge in [0.1, 0.15) is 0 Å². The van der Waals surface area contributed by atoms with Crippen LogP contribution < -0.4 is 10.6 Å². The molecule has 1 atom stereocenters. The van der Waals surface area contributed by atoms with Crippen molar-refractivity contribution < 1.29 is 4.79 Å². The molecular weight excluding hydrogens is 344 g/mol. The smallest absolute Gasteiger partial charge is 0.238 e. The van der Waals surface area contributed by atoms with Crippen molar-refractivity contribution in [3.8, 4) is 0 Å². The number of amides is 1. The number of anilines is 1. The Balaban J connectivity index is 1.65. The largest absolute Gasteiger partial charge is 0.325 e. The molecule has 3 aromatic carbocycles. The first-order valence-electron chi connectivity index (χ1n) is 8.58. The van der Waals surface area contributed by atoms with E-state index in [1.54, 1.807) is 12.1 Å². The Kier molecular flexibility index (Phi) is 6.42. The van der Waals surface area contributed by atoms with Crippen LogP contribution in [0.2, 0.25) is 5.02 Å². The second-order valence-corrected chi connectivity index (χ2v) is 6.53. The predicted molar refractivity (Wildman–Crippen MR) is 107 cm³/mol. The summed E-state index contributed by atoms with van der Waals surface area (Å²) in [5.41, 5.74) is 3.08. The minimum atomic E-state index is -0.0961. The summed E-state index contributed by atoms with van der Waals surface area (Å²) in [6, 6.07) is 27.7. The fourth-order valence-electron chi connectivity index (χ4n) is 2.83. The highest BCUT2D eigenvalue weighted by atomic mass is 35.5. The van der Waals surface area contributed by atoms with Crippen LogP contribution in [0.25, 0.3) is 0 Å². The highest BCUT2D eigenvalue weighted by Gasteiger charge is 2.13. The number of nitrogens with one attached hydrogen (secondary N) is 2. The minimum Gasteiger partial charge on any atom is -0.325 e. The molecule has 132 valence electrons. The molecule has 1 unspecified atom stereocenters. The third-order valence-electron chi connectivity index (χ3n) is 4.10. The lowest BCUT2D eigenvalue weighted by Gasteiger charge is -2.19. The zero-order valence-electron chi connectivity index (χ0n) is 14.4. The van der Waals surface area contributed by atoms with Gasteiger partial charge in [0.2, 0.25) is 5.91 Å². The van der Waals surface area contributed by atoms with Gasteiger partial charge in [0.25, 0.3) is 0 Å². The first-order valence-corrected chi connectivity index (χ1v) is 8.96. The van der Waals surface area contributed by atoms with Gasteiger partial charge in [0.05, 0.1) is 6.54 Å². The lowest BCUT2D eigenvalue weighted by molar-refractivity contribution is -0.115. The number of carbonyl (C=O) groups is 1. The van der Waals surface area contributed by atoms with E-state index in [0.29, 0.717) is 10.7 Å². The summed E-state index contributed by atoms with van der Waals surface area (Å²) in [6.45, 7) is 0.221. The highest BCUT2D eigenvalue weighted by molar-refractivity contribution is 6.30. The molecule has 3 aromatic rings. The maximum Gasteiger partial charge on any atom is 0.238 e. The van der Waals surface area contributed by atoms with Crippen LogP contribution in [0.1, 0.15) is 17.2 Å². The van der Waals surface area contributed by atoms with Crippen LogP contribution in [0.3, 0.4) is 0 Å². The Morgan fingerprint density at radius 1 is 0.885 bits per heavy atom. The molecule has 3 nitrogen and oxygen atoms in total. The second kappa shape index (κ2) is 9.18. The molecule has 0 aliphatic rings. The van der Waals surface area contributed by atoms with E-state index in [1.807, 2.05) is 48.5 Å². The fraction of sp³-hybridized carbons (Fsp3) is 0.136. The van der Waals surface area contributed by atoms with E-state index < -0.39 is 0 Å². The van der Waals surface area contributed by atoms with Crippen LogP contribution >= 0.6 is 11.6 Å². The molecule has 0 heterocycles. The molecule has 0 radical (unpaired) electrons. The van der Waals surface area contributed by atoms with Crippen molar-refractivity contribution in [1.29, 1.82) is 0 Å². The highest BCUT2D eigenvalue weighted by Crippen LogP contribution is 2.18. The maximum absolute atomic E-state index is 12.3. The summed E-state index contributed by atoms with van der Waals surface area (Å²) in [6.07, 6.45) is 0.815. The van der Waals surface area contributed by atoms with Crippen LogP contribution in [0, 0.1) is 0 Å². The Hall–Kier alpha value is -2.62. The number of hydrogen-bond donors (Lipinski definition) is 2. The molecule has 4 heteroatoms. The van der Waals surface area contributed by atoms with Gasteiger partial charge >= 0.3 is 0 Å². The van der Waals surface area contributed by atoms with Crippen LogP contribution in [0.5, 0.6) is 0 Å². The van der Waals surface area contributed by atoms with Gasteiger partial charge in [-0.3, -0.25) is 4.79 Å². The molecule has 0 aliphatic heterocycles. The van der Waals surface area contributed by atoms with Crippen molar-refractivity contribution in [2.45, 2.75) is 12.5 Å². The number of carbonyl (C=O) groups excluding carboxylic acids is 1. The fourth-order valence-corrected chi connectivity index (χ4v) is 3.02. The molecule has 0 aliphatic carbocycles. The van der Waals surface area contributed by atoms with Crippen molar-refractivity contribution in [3.05, 3.63) is 101 Å². The molecule has 0 fully saturated rings. The van der Waals surface area contributed by atoms with Gasteiger partial charge in [0, 0.05) is 16.8 Å². The van der Waals surface area contributed by atoms with Crippen molar-refractivity contribution in [3.63, 3.8) is 0 Å². The van der Waals surface area contributed by atoms with E-state index in [-0.39, 0.29) is 18.5 Å². The van der Waals surface area contributed by atoms with Crippen LogP contribution in [0.4, 0.5) is 5.69 Å². The Labute approximate surface area is 159 Å². The quantitative estimate of drug-likeness (QED) is 0.629. The summed E-state index contributed by atoms with van der Waals surface area (Å²) in [4.78, 5) is 12.3. The number of benzene rings is 3. The van der Waals surface area contributed by atoms with Crippen molar-refractivity contribution >= 4 is 23.2 Å². The molecular formula is C22H21ClN2O. The maximum atomic E-state index is 12.3. The predicted octanol–water partition coefficient (Wildman–Crippen LogP) is 4.85. The molecule has 0 saturated carbocycles. The van der Waals surface area contributed by atoms with Gasteiger partial charge in [-0.25, -0.2) is 0 Å². The summed E-state index contributed by atoms with van der Waals surface area (Å²) in [5, 5.41) is 6.84. The van der Waals surface area contributed by atoms with E-state index in [1.165, 1.54) is 5.56 Å². The monoisotopic (exact) mass is 364 g/mol. The molecule has 0 aromatic heterocycles. The van der Waals surface area contributed by atoms with Gasteiger partial charge in [-0.05, 0) is 35.7 Å². The third kappa shape index (κ3) is 5.45. The zero-order chi connectivity index (χ0) is 18.2. The average molecular weight is 365 g/mol. The number of hydrogen-bond acceptors (Lipinski definition) is 2. The SMILES string of the molecule is O=C(CNC(Cc1ccccc1)c1ccccc1)Nc1cccc(Cl)c1. The van der Waals surface area contributed by atoms with E-state index in [4.69, 9.17) is 11.6 Å². The molecule has 1 amide bonds. The Morgan fingerprint density at radius 3 is 2.27 bits per heavy atom. The molecule has 2 N–H and O–H groups in total. The van der Waals surface area contributed by atoms with Gasteiger partial charge in [-0.15, -0.1) is 0 Å². The molecule has 0 bridgehead atoms. The van der Waals surface area contributed by atoms with Crippen LogP contribution in [0.15, 0.2) is 84.9 Å². The zero-order valence-corrected chi connectivity index (χ0v) is 15.1. The van der Waals surface area contributed by atoms with Gasteiger partial charge in [0.15, 0.2) is 0 Å². The Morgan fingerprint density at radius 2 is 1.58 bits per heavy atom. The lowest BCUT2D eigenvalue weighted by Crippen LogP contribution is -2.32. The number of halogens is 1. The third-order valence-corrected chi connectivity index (χ3v) is 4.34. The summed E-state index contributed by atoms with van der Waals surface area (Å²) in [5.74, 6) is -0.0961. The Bertz CT molecular complexity index is 837. The topological polar surface area (TPSA) is 41.1 Å². The van der Waals surface area contributed by atoms with E-state index >= 15 is 0 Å². The minimum absolute atomic E-state index is 0.0590. The van der Waals surface area contributed by atoms with E-state index in [9.17, 15) is 4.79 Å². The van der Waals surface area contributed by atoms with Gasteiger partial charge in [-0.1, -0.05) is 78.3 Å². The summed E-state index contributed by atoms with van der Waals surface area (Å²) >= 11 is 5.96. The molecule has 0 spiro atoms.